The molecule has 0 spiro atoms. The molecule has 2 aliphatic rings. The van der Waals surface area contributed by atoms with Crippen molar-refractivity contribution in [3.05, 3.63) is 29.3 Å². The first-order valence-corrected chi connectivity index (χ1v) is 9.13. The Hall–Kier alpha value is -2.86. The van der Waals surface area contributed by atoms with Crippen molar-refractivity contribution in [3.8, 4) is 0 Å². The fourth-order valence-corrected chi connectivity index (χ4v) is 3.89. The van der Waals surface area contributed by atoms with E-state index in [1.807, 2.05) is 0 Å². The number of alkyl halides is 6. The van der Waals surface area contributed by atoms with Gasteiger partial charge in [-0.05, 0) is 12.8 Å². The molecule has 1 fully saturated rings. The van der Waals surface area contributed by atoms with E-state index in [-0.39, 0.29) is 28.8 Å². The van der Waals surface area contributed by atoms with Gasteiger partial charge in [-0.2, -0.15) is 31.4 Å². The summed E-state index contributed by atoms with van der Waals surface area (Å²) < 4.78 is 78.3. The van der Waals surface area contributed by atoms with Crippen molar-refractivity contribution in [2.45, 2.75) is 43.5 Å². The highest BCUT2D eigenvalue weighted by molar-refractivity contribution is 5.94. The predicted molar refractivity (Wildman–Crippen MR) is 91.9 cm³/mol. The molecule has 2 aromatic heterocycles. The van der Waals surface area contributed by atoms with E-state index in [2.05, 4.69) is 25.5 Å². The number of hydrogen-bond acceptors (Lipinski definition) is 5. The third kappa shape index (κ3) is 3.79. The Morgan fingerprint density at radius 3 is 2.30 bits per heavy atom. The summed E-state index contributed by atoms with van der Waals surface area (Å²) in [6, 6.07) is 0. The summed E-state index contributed by atoms with van der Waals surface area (Å²) >= 11 is 0. The van der Waals surface area contributed by atoms with Gasteiger partial charge in [0.1, 0.15) is 11.6 Å². The van der Waals surface area contributed by atoms with Gasteiger partial charge in [-0.1, -0.05) is 0 Å². The standard InChI is InChI=1S/C17H16F6N6O/c18-16(19,20)9-5-12(30)26-15-13(9)14(27-28-15)8-1-3-29(4-2-8)11-7-24-10(6-25-11)17(21,22)23/h6-9H,1-5H2,(H2,26,27,28,30). The summed E-state index contributed by atoms with van der Waals surface area (Å²) in [5.41, 5.74) is -0.857. The molecule has 1 atom stereocenters. The van der Waals surface area contributed by atoms with E-state index >= 15 is 0 Å². The van der Waals surface area contributed by atoms with Crippen LogP contribution in [0.3, 0.4) is 0 Å². The third-order valence-electron chi connectivity index (χ3n) is 5.37. The molecule has 4 rings (SSSR count). The van der Waals surface area contributed by atoms with Gasteiger partial charge in [0.2, 0.25) is 5.91 Å². The van der Waals surface area contributed by atoms with E-state index in [0.29, 0.717) is 32.1 Å². The van der Waals surface area contributed by atoms with Gasteiger partial charge in [0.25, 0.3) is 0 Å². The number of rotatable bonds is 2. The fraction of sp³-hybridized carbons (Fsp3) is 0.529. The van der Waals surface area contributed by atoms with E-state index in [9.17, 15) is 31.1 Å². The molecule has 0 aromatic carbocycles. The normalized spacial score (nSPS) is 20.8. The van der Waals surface area contributed by atoms with Crippen LogP contribution >= 0.6 is 0 Å². The molecule has 1 saturated heterocycles. The Morgan fingerprint density at radius 2 is 1.73 bits per heavy atom. The van der Waals surface area contributed by atoms with Crippen molar-refractivity contribution in [2.24, 2.45) is 0 Å². The lowest BCUT2D eigenvalue weighted by molar-refractivity contribution is -0.156. The van der Waals surface area contributed by atoms with Crippen LogP contribution in [0, 0.1) is 0 Å². The number of carbonyl (C=O) groups is 1. The molecule has 4 heterocycles. The number of carbonyl (C=O) groups excluding carboxylic acids is 1. The first kappa shape index (κ1) is 20.4. The minimum absolute atomic E-state index is 0.0281. The van der Waals surface area contributed by atoms with Gasteiger partial charge in [0, 0.05) is 31.0 Å². The fourth-order valence-electron chi connectivity index (χ4n) is 3.89. The Balaban J connectivity index is 1.50. The van der Waals surface area contributed by atoms with Crippen molar-refractivity contribution in [2.75, 3.05) is 23.3 Å². The highest BCUT2D eigenvalue weighted by Gasteiger charge is 2.48. The summed E-state index contributed by atoms with van der Waals surface area (Å²) in [5.74, 6) is -2.70. The molecule has 1 unspecified atom stereocenters. The van der Waals surface area contributed by atoms with E-state index in [0.717, 1.165) is 6.20 Å². The van der Waals surface area contributed by atoms with Crippen molar-refractivity contribution < 1.29 is 31.1 Å². The lowest BCUT2D eigenvalue weighted by Crippen LogP contribution is -2.35. The maximum Gasteiger partial charge on any atom is 0.434 e. The van der Waals surface area contributed by atoms with Gasteiger partial charge in [-0.15, -0.1) is 0 Å². The summed E-state index contributed by atoms with van der Waals surface area (Å²) in [6.07, 6.45) is -7.30. The lowest BCUT2D eigenvalue weighted by Gasteiger charge is -2.33. The molecule has 2 aliphatic heterocycles. The number of nitrogens with zero attached hydrogens (tertiary/aromatic N) is 4. The van der Waals surface area contributed by atoms with E-state index in [1.165, 1.54) is 0 Å². The quantitative estimate of drug-likeness (QED) is 0.706. The van der Waals surface area contributed by atoms with Crippen LogP contribution in [0.4, 0.5) is 38.0 Å². The van der Waals surface area contributed by atoms with Gasteiger partial charge in [-0.3, -0.25) is 9.89 Å². The number of fused-ring (bicyclic) bond motifs is 1. The van der Waals surface area contributed by atoms with Crippen LogP contribution in [0.15, 0.2) is 12.4 Å². The molecule has 0 aliphatic carbocycles. The molecule has 2 N–H and O–H groups in total. The Bertz CT molecular complexity index is 930. The lowest BCUT2D eigenvalue weighted by atomic mass is 9.84. The molecule has 0 saturated carbocycles. The van der Waals surface area contributed by atoms with E-state index in [1.54, 1.807) is 4.90 Å². The van der Waals surface area contributed by atoms with Crippen LogP contribution in [0.25, 0.3) is 0 Å². The smallest absolute Gasteiger partial charge is 0.355 e. The van der Waals surface area contributed by atoms with Crippen LogP contribution in [0.1, 0.15) is 48.0 Å². The number of amides is 1. The summed E-state index contributed by atoms with van der Waals surface area (Å²) in [7, 11) is 0. The molecular formula is C17H16F6N6O. The largest absolute Gasteiger partial charge is 0.434 e. The molecule has 1 amide bonds. The molecule has 162 valence electrons. The Kier molecular flexibility index (Phi) is 4.85. The molecular weight excluding hydrogens is 418 g/mol. The Morgan fingerprint density at radius 1 is 1.03 bits per heavy atom. The molecule has 7 nitrogen and oxygen atoms in total. The number of nitrogens with one attached hydrogen (secondary N) is 2. The topological polar surface area (TPSA) is 86.8 Å². The summed E-state index contributed by atoms with van der Waals surface area (Å²) in [6.45, 7) is 0.741. The second kappa shape index (κ2) is 7.13. The molecule has 0 radical (unpaired) electrons. The maximum absolute atomic E-state index is 13.5. The SMILES string of the molecule is O=C1CC(C(F)(F)F)c2c(C3CCN(c4cnc(C(F)(F)F)cn4)CC3)n[nH]c2N1. The van der Waals surface area contributed by atoms with Crippen LogP contribution in [0.5, 0.6) is 0 Å². The summed E-state index contributed by atoms with van der Waals surface area (Å²) in [5, 5.41) is 8.94. The first-order valence-electron chi connectivity index (χ1n) is 9.13. The zero-order valence-electron chi connectivity index (χ0n) is 15.3. The number of aromatic amines is 1. The van der Waals surface area contributed by atoms with E-state index in [4.69, 9.17) is 0 Å². The van der Waals surface area contributed by atoms with Crippen molar-refractivity contribution in [1.82, 2.24) is 20.2 Å². The number of halogens is 6. The third-order valence-corrected chi connectivity index (χ3v) is 5.37. The molecule has 2 aromatic rings. The minimum Gasteiger partial charge on any atom is -0.355 e. The Labute approximate surface area is 165 Å². The predicted octanol–water partition coefficient (Wildman–Crippen LogP) is 3.59. The number of aromatic nitrogens is 4. The van der Waals surface area contributed by atoms with Crippen molar-refractivity contribution >= 4 is 17.5 Å². The van der Waals surface area contributed by atoms with Crippen LogP contribution < -0.4 is 10.2 Å². The van der Waals surface area contributed by atoms with Crippen LogP contribution in [-0.2, 0) is 11.0 Å². The average Bonchev–Trinajstić information content (AvgIpc) is 3.09. The number of hydrogen-bond donors (Lipinski definition) is 2. The van der Waals surface area contributed by atoms with Crippen molar-refractivity contribution in [3.63, 3.8) is 0 Å². The monoisotopic (exact) mass is 434 g/mol. The average molecular weight is 434 g/mol. The van der Waals surface area contributed by atoms with Gasteiger partial charge in [0.05, 0.1) is 24.0 Å². The minimum atomic E-state index is -4.58. The van der Waals surface area contributed by atoms with Gasteiger partial charge >= 0.3 is 12.4 Å². The van der Waals surface area contributed by atoms with Gasteiger partial charge < -0.3 is 10.2 Å². The number of anilines is 2. The molecule has 0 bridgehead atoms. The second-order valence-electron chi connectivity index (χ2n) is 7.26. The van der Waals surface area contributed by atoms with Crippen LogP contribution in [-0.4, -0.2) is 45.3 Å². The van der Waals surface area contributed by atoms with Gasteiger partial charge in [-0.25, -0.2) is 9.97 Å². The first-order chi connectivity index (χ1) is 14.0. The number of H-pyrrole nitrogens is 1. The highest BCUT2D eigenvalue weighted by atomic mass is 19.4. The van der Waals surface area contributed by atoms with E-state index < -0.39 is 36.3 Å². The van der Waals surface area contributed by atoms with Crippen LogP contribution in [0.2, 0.25) is 0 Å². The highest BCUT2D eigenvalue weighted by Crippen LogP contribution is 2.46. The van der Waals surface area contributed by atoms with Gasteiger partial charge in [0.15, 0.2) is 5.69 Å². The van der Waals surface area contributed by atoms with Crippen molar-refractivity contribution in [1.29, 1.82) is 0 Å². The number of piperidine rings is 1. The maximum atomic E-state index is 13.5. The zero-order valence-corrected chi connectivity index (χ0v) is 15.3. The zero-order chi connectivity index (χ0) is 21.7. The molecule has 13 heteroatoms. The summed E-state index contributed by atoms with van der Waals surface area (Å²) in [4.78, 5) is 20.5. The molecule has 30 heavy (non-hydrogen) atoms. The second-order valence-corrected chi connectivity index (χ2v) is 7.26.